The molecule has 0 aliphatic rings. The summed E-state index contributed by atoms with van der Waals surface area (Å²) in [7, 11) is 3.38. The fourth-order valence-electron chi connectivity index (χ4n) is 1.91. The maximum atomic E-state index is 11.9. The molecule has 0 fully saturated rings. The Labute approximate surface area is 140 Å². The molecule has 2 aromatic carbocycles. The van der Waals surface area contributed by atoms with Crippen LogP contribution in [0.4, 0.5) is 5.69 Å². The molecule has 2 rings (SSSR count). The normalized spacial score (nSPS) is 10.6. The lowest BCUT2D eigenvalue weighted by Gasteiger charge is -2.10. The molecule has 0 radical (unpaired) electrons. The SMILES string of the molecule is CN(C)C(=O)c1ccc(NC(=O)/C=C/c2ccccc2Cl)cc1. The molecular weight excluding hydrogens is 312 g/mol. The van der Waals surface area contributed by atoms with Crippen LogP contribution in [0.15, 0.2) is 54.6 Å². The lowest BCUT2D eigenvalue weighted by Crippen LogP contribution is -2.21. The number of amides is 2. The van der Waals surface area contributed by atoms with Crippen LogP contribution in [-0.2, 0) is 4.79 Å². The fraction of sp³-hybridized carbons (Fsp3) is 0.111. The summed E-state index contributed by atoms with van der Waals surface area (Å²) in [6.07, 6.45) is 3.07. The van der Waals surface area contributed by atoms with E-state index < -0.39 is 0 Å². The number of nitrogens with one attached hydrogen (secondary N) is 1. The van der Waals surface area contributed by atoms with E-state index in [1.165, 1.54) is 11.0 Å². The first-order chi connectivity index (χ1) is 11.0. The Kier molecular flexibility index (Phi) is 5.55. The number of benzene rings is 2. The van der Waals surface area contributed by atoms with E-state index in [9.17, 15) is 9.59 Å². The fourth-order valence-corrected chi connectivity index (χ4v) is 2.11. The van der Waals surface area contributed by atoms with E-state index in [0.29, 0.717) is 16.3 Å². The molecule has 5 heteroatoms. The Morgan fingerprint density at radius 1 is 1.04 bits per heavy atom. The van der Waals surface area contributed by atoms with Crippen LogP contribution in [0.2, 0.25) is 5.02 Å². The number of nitrogens with zero attached hydrogens (tertiary/aromatic N) is 1. The molecule has 0 saturated heterocycles. The van der Waals surface area contributed by atoms with E-state index in [0.717, 1.165) is 5.56 Å². The van der Waals surface area contributed by atoms with Gasteiger partial charge in [-0.3, -0.25) is 9.59 Å². The van der Waals surface area contributed by atoms with Crippen molar-refractivity contribution >= 4 is 35.2 Å². The summed E-state index contributed by atoms with van der Waals surface area (Å²) >= 11 is 6.02. The van der Waals surface area contributed by atoms with Gasteiger partial charge in [0, 0.05) is 36.4 Å². The monoisotopic (exact) mass is 328 g/mol. The number of hydrogen-bond donors (Lipinski definition) is 1. The highest BCUT2D eigenvalue weighted by molar-refractivity contribution is 6.32. The van der Waals surface area contributed by atoms with Crippen molar-refractivity contribution < 1.29 is 9.59 Å². The topological polar surface area (TPSA) is 49.4 Å². The van der Waals surface area contributed by atoms with Crippen LogP contribution in [0, 0.1) is 0 Å². The maximum absolute atomic E-state index is 11.9. The zero-order chi connectivity index (χ0) is 16.8. The molecule has 4 nitrogen and oxygen atoms in total. The maximum Gasteiger partial charge on any atom is 0.253 e. The Balaban J connectivity index is 2.01. The minimum Gasteiger partial charge on any atom is -0.345 e. The molecule has 1 N–H and O–H groups in total. The Bertz CT molecular complexity index is 737. The van der Waals surface area contributed by atoms with Crippen LogP contribution in [0.1, 0.15) is 15.9 Å². The largest absolute Gasteiger partial charge is 0.345 e. The highest BCUT2D eigenvalue weighted by Crippen LogP contribution is 2.16. The molecule has 0 bridgehead atoms. The zero-order valence-electron chi connectivity index (χ0n) is 12.9. The summed E-state index contributed by atoms with van der Waals surface area (Å²) < 4.78 is 0. The van der Waals surface area contributed by atoms with E-state index in [2.05, 4.69) is 5.32 Å². The van der Waals surface area contributed by atoms with Crippen molar-refractivity contribution in [1.82, 2.24) is 4.90 Å². The van der Waals surface area contributed by atoms with Crippen LogP contribution in [-0.4, -0.2) is 30.8 Å². The lowest BCUT2D eigenvalue weighted by molar-refractivity contribution is -0.111. The summed E-state index contributed by atoms with van der Waals surface area (Å²) in [6.45, 7) is 0. The van der Waals surface area contributed by atoms with Gasteiger partial charge in [0.1, 0.15) is 0 Å². The van der Waals surface area contributed by atoms with Gasteiger partial charge >= 0.3 is 0 Å². The van der Waals surface area contributed by atoms with E-state index in [-0.39, 0.29) is 11.8 Å². The number of halogens is 1. The van der Waals surface area contributed by atoms with Crippen LogP contribution in [0.5, 0.6) is 0 Å². The van der Waals surface area contributed by atoms with Crippen molar-refractivity contribution in [3.8, 4) is 0 Å². The number of carbonyl (C=O) groups is 2. The zero-order valence-corrected chi connectivity index (χ0v) is 13.7. The summed E-state index contributed by atoms with van der Waals surface area (Å²) in [4.78, 5) is 25.2. The number of carbonyl (C=O) groups excluding carboxylic acids is 2. The van der Waals surface area contributed by atoms with Gasteiger partial charge in [-0.15, -0.1) is 0 Å². The van der Waals surface area contributed by atoms with Crippen molar-refractivity contribution in [2.24, 2.45) is 0 Å². The molecular formula is C18H17ClN2O2. The number of rotatable bonds is 4. The first kappa shape index (κ1) is 16.8. The van der Waals surface area contributed by atoms with Crippen LogP contribution < -0.4 is 5.32 Å². The summed E-state index contributed by atoms with van der Waals surface area (Å²) in [5.74, 6) is -0.349. The van der Waals surface area contributed by atoms with Crippen molar-refractivity contribution in [3.05, 3.63) is 70.8 Å². The van der Waals surface area contributed by atoms with Gasteiger partial charge in [0.25, 0.3) is 5.91 Å². The minimum absolute atomic E-state index is 0.0820. The van der Waals surface area contributed by atoms with Gasteiger partial charge in [0.2, 0.25) is 5.91 Å². The van der Waals surface area contributed by atoms with E-state index >= 15 is 0 Å². The third-order valence-electron chi connectivity index (χ3n) is 3.13. The lowest BCUT2D eigenvalue weighted by atomic mass is 10.2. The summed E-state index contributed by atoms with van der Waals surface area (Å²) in [6, 6.07) is 14.0. The van der Waals surface area contributed by atoms with Gasteiger partial charge < -0.3 is 10.2 Å². The van der Waals surface area contributed by atoms with E-state index in [4.69, 9.17) is 11.6 Å². The van der Waals surface area contributed by atoms with E-state index in [1.54, 1.807) is 50.5 Å². The second-order valence-corrected chi connectivity index (χ2v) is 5.53. The average molecular weight is 329 g/mol. The Morgan fingerprint density at radius 3 is 2.30 bits per heavy atom. The molecule has 0 atom stereocenters. The summed E-state index contributed by atoms with van der Waals surface area (Å²) in [5.41, 5.74) is 1.96. The summed E-state index contributed by atoms with van der Waals surface area (Å²) in [5, 5.41) is 3.32. The molecule has 0 aliphatic heterocycles. The molecule has 0 heterocycles. The molecule has 23 heavy (non-hydrogen) atoms. The minimum atomic E-state index is -0.267. The predicted molar refractivity (Wildman–Crippen MR) is 93.6 cm³/mol. The molecule has 0 saturated carbocycles. The number of anilines is 1. The number of hydrogen-bond acceptors (Lipinski definition) is 2. The van der Waals surface area contributed by atoms with Crippen molar-refractivity contribution in [2.75, 3.05) is 19.4 Å². The molecule has 0 aromatic heterocycles. The smallest absolute Gasteiger partial charge is 0.253 e. The van der Waals surface area contributed by atoms with Crippen molar-refractivity contribution in [2.45, 2.75) is 0 Å². The second-order valence-electron chi connectivity index (χ2n) is 5.12. The molecule has 0 spiro atoms. The third-order valence-corrected chi connectivity index (χ3v) is 3.47. The molecule has 0 aliphatic carbocycles. The molecule has 118 valence electrons. The van der Waals surface area contributed by atoms with Crippen molar-refractivity contribution in [3.63, 3.8) is 0 Å². The van der Waals surface area contributed by atoms with Crippen LogP contribution >= 0.6 is 11.6 Å². The quantitative estimate of drug-likeness (QED) is 0.870. The molecule has 2 aromatic rings. The first-order valence-corrected chi connectivity index (χ1v) is 7.40. The predicted octanol–water partition coefficient (Wildman–Crippen LogP) is 3.69. The highest BCUT2D eigenvalue weighted by atomic mass is 35.5. The average Bonchev–Trinajstić information content (AvgIpc) is 2.54. The van der Waals surface area contributed by atoms with Crippen LogP contribution in [0.3, 0.4) is 0 Å². The molecule has 0 unspecified atom stereocenters. The first-order valence-electron chi connectivity index (χ1n) is 7.02. The van der Waals surface area contributed by atoms with Gasteiger partial charge in [-0.2, -0.15) is 0 Å². The van der Waals surface area contributed by atoms with Crippen LogP contribution in [0.25, 0.3) is 6.08 Å². The van der Waals surface area contributed by atoms with Crippen molar-refractivity contribution in [1.29, 1.82) is 0 Å². The second kappa shape index (κ2) is 7.61. The standard InChI is InChI=1S/C18H17ClN2O2/c1-21(2)18(23)14-7-10-15(11-8-14)20-17(22)12-9-13-5-3-4-6-16(13)19/h3-12H,1-2H3,(H,20,22)/b12-9+. The van der Waals surface area contributed by atoms with E-state index in [1.807, 2.05) is 18.2 Å². The Morgan fingerprint density at radius 2 is 1.70 bits per heavy atom. The third kappa shape index (κ3) is 4.69. The van der Waals surface area contributed by atoms with Gasteiger partial charge in [-0.25, -0.2) is 0 Å². The molecule has 2 amide bonds. The van der Waals surface area contributed by atoms with Gasteiger partial charge in [0.05, 0.1) is 0 Å². The highest BCUT2D eigenvalue weighted by Gasteiger charge is 2.07. The van der Waals surface area contributed by atoms with Gasteiger partial charge in [0.15, 0.2) is 0 Å². The van der Waals surface area contributed by atoms with Gasteiger partial charge in [-0.1, -0.05) is 29.8 Å². The van der Waals surface area contributed by atoms with Gasteiger partial charge in [-0.05, 0) is 42.0 Å². The Hall–Kier alpha value is -2.59.